The fourth-order valence-electron chi connectivity index (χ4n) is 2.96. The van der Waals surface area contributed by atoms with Crippen LogP contribution in [0.25, 0.3) is 10.8 Å². The van der Waals surface area contributed by atoms with Crippen molar-refractivity contribution in [2.24, 2.45) is 0 Å². The molecule has 3 rings (SSSR count). The zero-order valence-electron chi connectivity index (χ0n) is 16.2. The van der Waals surface area contributed by atoms with Gasteiger partial charge in [-0.25, -0.2) is 12.2 Å². The Labute approximate surface area is 177 Å². The Morgan fingerprint density at radius 1 is 1.15 bits per heavy atom. The van der Waals surface area contributed by atoms with Crippen LogP contribution in [0.1, 0.15) is 47.0 Å². The molecule has 26 heavy (non-hydrogen) atoms. The fraction of sp³-hybridized carbons (Fsp3) is 0.409. The van der Waals surface area contributed by atoms with Gasteiger partial charge in [-0.15, -0.1) is 46.8 Å². The molecule has 0 N–H and O–H groups in total. The number of fused-ring (bicyclic) bond motifs is 1. The molecule has 0 amide bonds. The van der Waals surface area contributed by atoms with Crippen molar-refractivity contribution < 1.29 is 17.0 Å². The van der Waals surface area contributed by atoms with Gasteiger partial charge in [-0.1, -0.05) is 41.7 Å². The average Bonchev–Trinajstić information content (AvgIpc) is 3.34. The number of hydrogen-bond donors (Lipinski definition) is 0. The van der Waals surface area contributed by atoms with Gasteiger partial charge in [-0.3, -0.25) is 6.08 Å². The van der Waals surface area contributed by atoms with Crippen molar-refractivity contribution in [3.05, 3.63) is 60.7 Å². The first-order chi connectivity index (χ1) is 12.6. The maximum absolute atomic E-state index is 4.89. The minimum atomic E-state index is -0.556. The van der Waals surface area contributed by atoms with Gasteiger partial charge >= 0.3 is 35.6 Å². The quantitative estimate of drug-likeness (QED) is 0.250. The molecule has 2 unspecified atom stereocenters. The molecular weight excluding hydrogens is 414 g/mol. The average molecular weight is 443 g/mol. The second-order valence-electron chi connectivity index (χ2n) is 6.34. The molecule has 2 atom stereocenters. The van der Waals surface area contributed by atoms with Crippen LogP contribution in [0.3, 0.4) is 0 Å². The van der Waals surface area contributed by atoms with Crippen LogP contribution in [0.15, 0.2) is 54.6 Å². The van der Waals surface area contributed by atoms with Crippen molar-refractivity contribution in [1.82, 2.24) is 0 Å². The molecule has 4 heteroatoms. The Kier molecular flexibility index (Phi) is 13.0. The van der Waals surface area contributed by atoms with Gasteiger partial charge in [-0.05, 0) is 24.2 Å². The Morgan fingerprint density at radius 3 is 2.19 bits per heavy atom. The standard InChI is InChI=1S/C17H24P.C5H5.2ClH.Ti/c1-5-13(3)18(14(4)6-2)17-11-15-9-7-8-10-16(15)12-17;1-2-4-5-3-1;;;/h7-14H,5-6H2,1-4H3;1-3H,4H2;2*1H;/q2*-1;;;+2/p-2. The van der Waals surface area contributed by atoms with E-state index in [-0.39, 0.29) is 7.92 Å². The van der Waals surface area contributed by atoms with E-state index in [0.717, 1.165) is 17.7 Å². The fourth-order valence-corrected chi connectivity index (χ4v) is 6.21. The van der Waals surface area contributed by atoms with Gasteiger partial charge in [0.1, 0.15) is 0 Å². The van der Waals surface area contributed by atoms with E-state index in [0.29, 0.717) is 0 Å². The first-order valence-corrected chi connectivity index (χ1v) is 15.0. The number of allylic oxidation sites excluding steroid dienone is 4. The molecule has 0 nitrogen and oxygen atoms in total. The van der Waals surface area contributed by atoms with E-state index in [2.05, 4.69) is 76.2 Å². The topological polar surface area (TPSA) is 0 Å². The molecule has 1 aliphatic rings. The molecule has 0 bridgehead atoms. The van der Waals surface area contributed by atoms with Gasteiger partial charge in [0.15, 0.2) is 0 Å². The van der Waals surface area contributed by atoms with Crippen molar-refractivity contribution in [1.29, 1.82) is 0 Å². The van der Waals surface area contributed by atoms with E-state index < -0.39 is 17.0 Å². The van der Waals surface area contributed by atoms with Crippen LogP contribution < -0.4 is 5.30 Å². The zero-order chi connectivity index (χ0) is 19.4. The summed E-state index contributed by atoms with van der Waals surface area (Å²) in [7, 11) is 9.75. The summed E-state index contributed by atoms with van der Waals surface area (Å²) in [6, 6.07) is 13.6. The third-order valence-electron chi connectivity index (χ3n) is 4.62. The predicted molar refractivity (Wildman–Crippen MR) is 119 cm³/mol. The summed E-state index contributed by atoms with van der Waals surface area (Å²) < 4.78 is 0. The maximum atomic E-state index is 4.89. The molecule has 0 saturated carbocycles. The molecule has 0 radical (unpaired) electrons. The number of benzene rings is 1. The summed E-state index contributed by atoms with van der Waals surface area (Å²) in [4.78, 5) is 0. The summed E-state index contributed by atoms with van der Waals surface area (Å²) in [6.45, 7) is 9.50. The Bertz CT molecular complexity index is 625. The van der Waals surface area contributed by atoms with Crippen molar-refractivity contribution in [3.8, 4) is 0 Å². The molecule has 0 spiro atoms. The van der Waals surface area contributed by atoms with Crippen LogP contribution in [-0.2, 0) is 17.0 Å². The molecule has 0 heterocycles. The van der Waals surface area contributed by atoms with Crippen LogP contribution in [-0.4, -0.2) is 11.3 Å². The van der Waals surface area contributed by atoms with Gasteiger partial charge in [-0.2, -0.15) is 12.1 Å². The predicted octanol–water partition coefficient (Wildman–Crippen LogP) is 7.95. The van der Waals surface area contributed by atoms with Gasteiger partial charge in [0, 0.05) is 0 Å². The third kappa shape index (κ3) is 7.96. The van der Waals surface area contributed by atoms with Crippen molar-refractivity contribution >= 4 is 42.6 Å². The third-order valence-corrected chi connectivity index (χ3v) is 8.10. The number of hydrogen-bond acceptors (Lipinski definition) is 0. The van der Waals surface area contributed by atoms with E-state index in [9.17, 15) is 0 Å². The van der Waals surface area contributed by atoms with Crippen LogP contribution in [0.4, 0.5) is 0 Å². The van der Waals surface area contributed by atoms with Crippen LogP contribution in [0.2, 0.25) is 0 Å². The van der Waals surface area contributed by atoms with E-state index in [4.69, 9.17) is 18.6 Å². The normalized spacial score (nSPS) is 15.5. The first kappa shape index (κ1) is 24.1. The van der Waals surface area contributed by atoms with Crippen molar-refractivity contribution in [2.45, 2.75) is 58.3 Å². The SMILES string of the molecule is CCC(C)P(c1cc2ccccc2[cH-]1)C(C)CC.[C-]1=CC=CC1.[Cl][Ti][Cl]. The summed E-state index contributed by atoms with van der Waals surface area (Å²) in [5.74, 6) is 0. The minimum absolute atomic E-state index is 0.0252. The summed E-state index contributed by atoms with van der Waals surface area (Å²) in [5.41, 5.74) is 1.65. The Morgan fingerprint density at radius 2 is 1.77 bits per heavy atom. The second kappa shape index (κ2) is 14.1. The zero-order valence-corrected chi connectivity index (χ0v) is 20.1. The first-order valence-electron chi connectivity index (χ1n) is 9.20. The molecule has 0 aromatic heterocycles. The van der Waals surface area contributed by atoms with Gasteiger partial charge in [0.25, 0.3) is 0 Å². The van der Waals surface area contributed by atoms with Crippen LogP contribution in [0, 0.1) is 6.08 Å². The van der Waals surface area contributed by atoms with Crippen molar-refractivity contribution in [2.75, 3.05) is 0 Å². The number of rotatable bonds is 5. The molecule has 0 saturated heterocycles. The molecule has 0 fully saturated rings. The molecule has 2 aromatic rings. The van der Waals surface area contributed by atoms with E-state index in [1.54, 1.807) is 5.30 Å². The Balaban J connectivity index is 0.000000351. The van der Waals surface area contributed by atoms with Gasteiger partial charge in [0.2, 0.25) is 0 Å². The number of halogens is 2. The van der Waals surface area contributed by atoms with E-state index in [1.165, 1.54) is 23.6 Å². The molecule has 0 aliphatic heterocycles. The summed E-state index contributed by atoms with van der Waals surface area (Å²) in [5, 5.41) is 4.42. The Hall–Kier alpha value is 0.0343. The summed E-state index contributed by atoms with van der Waals surface area (Å²) >= 11 is -0.556. The van der Waals surface area contributed by atoms with Gasteiger partial charge in [0.05, 0.1) is 0 Å². The van der Waals surface area contributed by atoms with Crippen molar-refractivity contribution in [3.63, 3.8) is 0 Å². The molecule has 2 aromatic carbocycles. The molecular formula is C22H29Cl2PTi-2. The van der Waals surface area contributed by atoms with Crippen LogP contribution in [0.5, 0.6) is 0 Å². The molecule has 1 aliphatic carbocycles. The van der Waals surface area contributed by atoms with Gasteiger partial charge < -0.3 is 0 Å². The van der Waals surface area contributed by atoms with E-state index in [1.807, 2.05) is 12.2 Å². The summed E-state index contributed by atoms with van der Waals surface area (Å²) in [6.07, 6.45) is 12.6. The van der Waals surface area contributed by atoms with E-state index >= 15 is 0 Å². The monoisotopic (exact) mass is 442 g/mol. The van der Waals surface area contributed by atoms with Crippen LogP contribution >= 0.6 is 26.5 Å². The second-order valence-corrected chi connectivity index (χ2v) is 12.0. The molecule has 142 valence electrons.